The molecule has 0 aromatic heterocycles. The van der Waals surface area contributed by atoms with Crippen LogP contribution in [0.2, 0.25) is 0 Å². The molecule has 2 rings (SSSR count). The van der Waals surface area contributed by atoms with E-state index in [1.54, 1.807) is 0 Å². The lowest BCUT2D eigenvalue weighted by Crippen LogP contribution is -2.43. The minimum absolute atomic E-state index is 0.0291. The van der Waals surface area contributed by atoms with Crippen LogP contribution in [0, 0.1) is 5.92 Å². The number of nitrogens with one attached hydrogen (secondary N) is 2. The lowest BCUT2D eigenvalue weighted by atomic mass is 10.2. The Kier molecular flexibility index (Phi) is 6.02. The molecule has 1 aliphatic rings. The first-order valence-corrected chi connectivity index (χ1v) is 7.48. The van der Waals surface area contributed by atoms with E-state index in [-0.39, 0.29) is 11.9 Å². The third-order valence-corrected chi connectivity index (χ3v) is 3.16. The van der Waals surface area contributed by atoms with Crippen LogP contribution in [-0.2, 0) is 9.53 Å². The number of carbonyl (C=O) groups is 1. The Morgan fingerprint density at radius 3 is 3.00 bits per heavy atom. The summed E-state index contributed by atoms with van der Waals surface area (Å²) in [5.74, 6) is 1.13. The summed E-state index contributed by atoms with van der Waals surface area (Å²) < 4.78 is 11.1. The van der Waals surface area contributed by atoms with Gasteiger partial charge in [-0.1, -0.05) is 26.0 Å². The Labute approximate surface area is 126 Å². The molecule has 1 aliphatic heterocycles. The first kappa shape index (κ1) is 15.8. The summed E-state index contributed by atoms with van der Waals surface area (Å²) in [6.07, 6.45) is 0.401. The van der Waals surface area contributed by atoms with Crippen LogP contribution in [-0.4, -0.2) is 38.3 Å². The summed E-state index contributed by atoms with van der Waals surface area (Å²) in [7, 11) is 0. The van der Waals surface area contributed by atoms with Crippen molar-refractivity contribution in [2.45, 2.75) is 26.3 Å². The molecule has 2 N–H and O–H groups in total. The van der Waals surface area contributed by atoms with Crippen LogP contribution in [0.4, 0.5) is 5.69 Å². The Balaban J connectivity index is 1.90. The highest BCUT2D eigenvalue weighted by Gasteiger charge is 2.17. The molecule has 0 bridgehead atoms. The molecule has 0 aliphatic carbocycles. The Morgan fingerprint density at radius 2 is 2.29 bits per heavy atom. The molecule has 1 aromatic rings. The van der Waals surface area contributed by atoms with Crippen LogP contribution in [0.1, 0.15) is 20.3 Å². The fraction of sp³-hybridized carbons (Fsp3) is 0.562. The molecule has 5 heteroatoms. The van der Waals surface area contributed by atoms with Gasteiger partial charge in [-0.05, 0) is 18.1 Å². The van der Waals surface area contributed by atoms with Gasteiger partial charge in [0.2, 0.25) is 5.91 Å². The number of hydrogen-bond donors (Lipinski definition) is 2. The van der Waals surface area contributed by atoms with Gasteiger partial charge < -0.3 is 20.1 Å². The van der Waals surface area contributed by atoms with Gasteiger partial charge in [0.1, 0.15) is 5.75 Å². The summed E-state index contributed by atoms with van der Waals surface area (Å²) in [5.41, 5.74) is 0.722. The maximum absolute atomic E-state index is 12.1. The van der Waals surface area contributed by atoms with Crippen LogP contribution < -0.4 is 15.4 Å². The molecule has 1 atom stereocenters. The zero-order valence-electron chi connectivity index (χ0n) is 12.7. The highest BCUT2D eigenvalue weighted by Crippen LogP contribution is 2.24. The molecular formula is C16H24N2O3. The molecule has 116 valence electrons. The number of para-hydroxylation sites is 2. The minimum Gasteiger partial charge on any atom is -0.491 e. The van der Waals surface area contributed by atoms with Crippen molar-refractivity contribution in [2.75, 3.05) is 31.7 Å². The SMILES string of the molecule is CC(C)COc1ccccc1NC(=O)CC1COCCN1. The fourth-order valence-corrected chi connectivity index (χ4v) is 2.13. The second kappa shape index (κ2) is 8.00. The Bertz CT molecular complexity index is 457. The van der Waals surface area contributed by atoms with Crippen molar-refractivity contribution in [2.24, 2.45) is 5.92 Å². The van der Waals surface area contributed by atoms with Crippen molar-refractivity contribution in [1.29, 1.82) is 0 Å². The summed E-state index contributed by atoms with van der Waals surface area (Å²) >= 11 is 0. The van der Waals surface area contributed by atoms with E-state index < -0.39 is 0 Å². The van der Waals surface area contributed by atoms with E-state index in [9.17, 15) is 4.79 Å². The van der Waals surface area contributed by atoms with E-state index in [0.717, 1.165) is 12.2 Å². The van der Waals surface area contributed by atoms with Gasteiger partial charge in [0.15, 0.2) is 0 Å². The number of rotatable bonds is 6. The van der Waals surface area contributed by atoms with Gasteiger partial charge in [-0.25, -0.2) is 0 Å². The largest absolute Gasteiger partial charge is 0.491 e. The van der Waals surface area contributed by atoms with Gasteiger partial charge in [-0.3, -0.25) is 4.79 Å². The third kappa shape index (κ3) is 5.36. The summed E-state index contributed by atoms with van der Waals surface area (Å²) in [4.78, 5) is 12.1. The van der Waals surface area contributed by atoms with Gasteiger partial charge in [0.25, 0.3) is 0 Å². The van der Waals surface area contributed by atoms with E-state index in [2.05, 4.69) is 24.5 Å². The van der Waals surface area contributed by atoms with E-state index >= 15 is 0 Å². The molecule has 1 heterocycles. The first-order chi connectivity index (χ1) is 10.1. The van der Waals surface area contributed by atoms with Crippen LogP contribution in [0.3, 0.4) is 0 Å². The number of benzene rings is 1. The van der Waals surface area contributed by atoms with E-state index in [0.29, 0.717) is 37.9 Å². The van der Waals surface area contributed by atoms with Crippen LogP contribution in [0.15, 0.2) is 24.3 Å². The number of morpholine rings is 1. The van der Waals surface area contributed by atoms with Crippen molar-refractivity contribution in [3.63, 3.8) is 0 Å². The fourth-order valence-electron chi connectivity index (χ4n) is 2.13. The summed E-state index contributed by atoms with van der Waals surface area (Å²) in [6.45, 7) is 6.91. The Morgan fingerprint density at radius 1 is 1.48 bits per heavy atom. The van der Waals surface area contributed by atoms with E-state index in [1.165, 1.54) is 0 Å². The molecule has 5 nitrogen and oxygen atoms in total. The monoisotopic (exact) mass is 292 g/mol. The van der Waals surface area contributed by atoms with E-state index in [1.807, 2.05) is 24.3 Å². The van der Waals surface area contributed by atoms with Crippen LogP contribution in [0.5, 0.6) is 5.75 Å². The number of ether oxygens (including phenoxy) is 2. The molecule has 1 unspecified atom stereocenters. The average molecular weight is 292 g/mol. The second-order valence-corrected chi connectivity index (χ2v) is 5.68. The molecule has 1 fully saturated rings. The maximum atomic E-state index is 12.1. The predicted molar refractivity (Wildman–Crippen MR) is 82.6 cm³/mol. The number of anilines is 1. The molecule has 21 heavy (non-hydrogen) atoms. The van der Waals surface area contributed by atoms with Gasteiger partial charge in [-0.2, -0.15) is 0 Å². The van der Waals surface area contributed by atoms with Crippen molar-refractivity contribution in [3.8, 4) is 5.75 Å². The second-order valence-electron chi connectivity index (χ2n) is 5.68. The van der Waals surface area contributed by atoms with Gasteiger partial charge in [0.05, 0.1) is 25.5 Å². The lowest BCUT2D eigenvalue weighted by molar-refractivity contribution is -0.117. The topological polar surface area (TPSA) is 59.6 Å². The average Bonchev–Trinajstić information content (AvgIpc) is 2.47. The van der Waals surface area contributed by atoms with Crippen LogP contribution in [0.25, 0.3) is 0 Å². The zero-order valence-corrected chi connectivity index (χ0v) is 12.7. The first-order valence-electron chi connectivity index (χ1n) is 7.48. The molecule has 0 radical (unpaired) electrons. The molecular weight excluding hydrogens is 268 g/mol. The maximum Gasteiger partial charge on any atom is 0.226 e. The molecule has 0 saturated carbocycles. The minimum atomic E-state index is -0.0291. The lowest BCUT2D eigenvalue weighted by Gasteiger charge is -2.23. The summed E-state index contributed by atoms with van der Waals surface area (Å²) in [5, 5.41) is 6.20. The smallest absolute Gasteiger partial charge is 0.226 e. The Hall–Kier alpha value is -1.59. The number of hydrogen-bond acceptors (Lipinski definition) is 4. The zero-order chi connectivity index (χ0) is 15.1. The van der Waals surface area contributed by atoms with Gasteiger partial charge in [-0.15, -0.1) is 0 Å². The van der Waals surface area contributed by atoms with Gasteiger partial charge in [0, 0.05) is 19.0 Å². The van der Waals surface area contributed by atoms with Gasteiger partial charge >= 0.3 is 0 Å². The normalized spacial score (nSPS) is 18.5. The van der Waals surface area contributed by atoms with E-state index in [4.69, 9.17) is 9.47 Å². The van der Waals surface area contributed by atoms with Crippen molar-refractivity contribution >= 4 is 11.6 Å². The third-order valence-electron chi connectivity index (χ3n) is 3.16. The van der Waals surface area contributed by atoms with Crippen molar-refractivity contribution in [3.05, 3.63) is 24.3 Å². The highest BCUT2D eigenvalue weighted by molar-refractivity contribution is 5.92. The molecule has 1 aromatic carbocycles. The van der Waals surface area contributed by atoms with Crippen LogP contribution >= 0.6 is 0 Å². The molecule has 1 saturated heterocycles. The predicted octanol–water partition coefficient (Wildman–Crippen LogP) is 2.04. The molecule has 1 amide bonds. The van der Waals surface area contributed by atoms with Crippen molar-refractivity contribution in [1.82, 2.24) is 5.32 Å². The summed E-state index contributed by atoms with van der Waals surface area (Å²) in [6, 6.07) is 7.61. The highest BCUT2D eigenvalue weighted by atomic mass is 16.5. The quantitative estimate of drug-likeness (QED) is 0.842. The molecule has 0 spiro atoms. The standard InChI is InChI=1S/C16H24N2O3/c1-12(2)10-21-15-6-4-3-5-14(15)18-16(19)9-13-11-20-8-7-17-13/h3-6,12-13,17H,7-11H2,1-2H3,(H,18,19). The number of amides is 1. The number of carbonyl (C=O) groups excluding carboxylic acids is 1. The van der Waals surface area contributed by atoms with Crippen molar-refractivity contribution < 1.29 is 14.3 Å².